The Kier molecular flexibility index (Phi) is 22.2. The summed E-state index contributed by atoms with van der Waals surface area (Å²) in [4.78, 5) is 2.22. The lowest BCUT2D eigenvalue weighted by Gasteiger charge is -2.59. The highest BCUT2D eigenvalue weighted by Gasteiger charge is 2.56. The third-order valence-electron chi connectivity index (χ3n) is 22.7. The van der Waals surface area contributed by atoms with Crippen LogP contribution in [-0.2, 0) is 18.9 Å². The maximum Gasteiger partial charge on any atom is 0.0991 e. The van der Waals surface area contributed by atoms with Gasteiger partial charge in [-0.2, -0.15) is 0 Å². The predicted molar refractivity (Wildman–Crippen MR) is 309 cm³/mol. The first-order valence-electron chi connectivity index (χ1n) is 30.7. The first kappa shape index (κ1) is 61.6. The molecule has 0 N–H and O–H groups in total. The van der Waals surface area contributed by atoms with E-state index in [4.69, 9.17) is 18.9 Å². The van der Waals surface area contributed by atoms with Crippen molar-refractivity contribution in [3.8, 4) is 0 Å². The molecule has 0 heterocycles. The molecule has 8 aliphatic rings. The van der Waals surface area contributed by atoms with Crippen molar-refractivity contribution in [2.45, 2.75) is 265 Å². The second-order valence-corrected chi connectivity index (χ2v) is 27.9. The monoisotopic (exact) mass is 1000 g/mol. The van der Waals surface area contributed by atoms with Crippen LogP contribution >= 0.6 is 0 Å². The van der Waals surface area contributed by atoms with Crippen molar-refractivity contribution in [2.75, 3.05) is 33.5 Å². The molecule has 16 atom stereocenters. The summed E-state index contributed by atoms with van der Waals surface area (Å²) in [7, 11) is 2.12. The average molecular weight is 1000 g/mol. The number of allylic oxidation sites excluding steroid dienone is 6. The molecule has 0 spiro atoms. The van der Waals surface area contributed by atoms with Crippen LogP contribution in [0.4, 0.5) is 0 Å². The van der Waals surface area contributed by atoms with Crippen molar-refractivity contribution in [3.63, 3.8) is 0 Å². The topological polar surface area (TPSA) is 40.2 Å². The Morgan fingerprint density at radius 1 is 0.556 bits per heavy atom. The largest absolute Gasteiger partial charge is 0.377 e. The molecule has 8 rings (SSSR count). The highest BCUT2D eigenvalue weighted by atomic mass is 16.5. The molecule has 0 aliphatic heterocycles. The van der Waals surface area contributed by atoms with Gasteiger partial charge < -0.3 is 18.9 Å². The van der Waals surface area contributed by atoms with Gasteiger partial charge >= 0.3 is 0 Å². The van der Waals surface area contributed by atoms with E-state index >= 15 is 0 Å². The minimum atomic E-state index is -0.107. The SMILES string of the molecule is C/C=C1/CC2CC(OCC(C)C(C)(OC3CC4C/C(=C\C)C3C4)C(C)CC)C1C2.C/C=C1/CC2CC1CC2OCC(C)(C)C(C)(CC)C(C)(C)C(C)(C)C.C/C=C1\CC2CC1CC2OCN(C)CC.CCC. The molecule has 8 saturated carbocycles. The number of hydrogen-bond donors (Lipinski definition) is 0. The predicted octanol–water partition coefficient (Wildman–Crippen LogP) is 18.3. The molecule has 8 fully saturated rings. The van der Waals surface area contributed by atoms with E-state index in [0.717, 1.165) is 68.4 Å². The van der Waals surface area contributed by atoms with Crippen LogP contribution in [0.3, 0.4) is 0 Å². The van der Waals surface area contributed by atoms with Gasteiger partial charge in [0.1, 0.15) is 0 Å². The Morgan fingerprint density at radius 3 is 1.43 bits per heavy atom. The maximum absolute atomic E-state index is 7.07. The van der Waals surface area contributed by atoms with Gasteiger partial charge in [0.2, 0.25) is 0 Å². The lowest BCUT2D eigenvalue weighted by atomic mass is 9.46. The summed E-state index contributed by atoms with van der Waals surface area (Å²) < 4.78 is 26.3. The summed E-state index contributed by atoms with van der Waals surface area (Å²) in [6.07, 6.45) is 30.6. The minimum Gasteiger partial charge on any atom is -0.377 e. The fourth-order valence-electron chi connectivity index (χ4n) is 15.8. The van der Waals surface area contributed by atoms with Crippen molar-refractivity contribution in [1.82, 2.24) is 4.90 Å². The zero-order valence-electron chi connectivity index (χ0n) is 51.4. The Bertz CT molecular complexity index is 1810. The third kappa shape index (κ3) is 13.4. The van der Waals surface area contributed by atoms with Crippen molar-refractivity contribution in [3.05, 3.63) is 46.6 Å². The summed E-state index contributed by atoms with van der Waals surface area (Å²) in [5.74, 6) is 7.29. The molecule has 0 radical (unpaired) electrons. The van der Waals surface area contributed by atoms with E-state index in [1.54, 1.807) is 22.3 Å². The van der Waals surface area contributed by atoms with Crippen LogP contribution in [0, 0.1) is 80.8 Å². The van der Waals surface area contributed by atoms with Gasteiger partial charge in [0, 0.05) is 17.8 Å². The number of rotatable bonds is 18. The van der Waals surface area contributed by atoms with Crippen molar-refractivity contribution >= 4 is 0 Å². The molecule has 0 amide bonds. The van der Waals surface area contributed by atoms with Gasteiger partial charge in [0.05, 0.1) is 50.0 Å². The standard InChI is InChI=1S/C27H44O2.C24H44O.C13H23NO.C3H8/c1-7-17(4)27(6,29-26-15-20-11-22(9-3)24(26)13-20)18(5)16-28-25-14-19-10-21(8-2)23(25)12-19;1-11-17-13-19-14-18(17)15-20(19)25-16-22(6,7)24(10,12-2)23(8,9)21(3,4)5;1-4-10-6-12-7-11(10)8-13(12)15-9-14(3)5-2;1-3-2/h8-9,17-20,23-26H,7,10-16H2,1-6H3;11,18-20H,12-16H2,1-10H3;4,11-13H,5-9H2,1-3H3;3H2,1-2H3/b21-8-,22-9+;17-11-;10-4+;. The molecule has 0 aromatic heterocycles. The van der Waals surface area contributed by atoms with E-state index in [1.807, 2.05) is 0 Å². The Hall–Kier alpha value is -1.24. The molecule has 16 unspecified atom stereocenters. The lowest BCUT2D eigenvalue weighted by Crippen LogP contribution is -2.54. The van der Waals surface area contributed by atoms with Gasteiger partial charge in [0.25, 0.3) is 0 Å². The molecular weight excluding hydrogens is 883 g/mol. The van der Waals surface area contributed by atoms with Gasteiger partial charge in [-0.25, -0.2) is 0 Å². The molecular formula is C67H119NO4. The molecule has 72 heavy (non-hydrogen) atoms. The van der Waals surface area contributed by atoms with Crippen LogP contribution in [-0.4, -0.2) is 68.5 Å². The fourth-order valence-corrected chi connectivity index (χ4v) is 15.8. The van der Waals surface area contributed by atoms with E-state index in [9.17, 15) is 0 Å². The molecule has 0 saturated heterocycles. The summed E-state index contributed by atoms with van der Waals surface area (Å²) in [5, 5.41) is 0. The van der Waals surface area contributed by atoms with Gasteiger partial charge in [-0.15, -0.1) is 0 Å². The van der Waals surface area contributed by atoms with Crippen LogP contribution in [0.5, 0.6) is 0 Å². The Labute approximate surface area is 447 Å². The quantitative estimate of drug-likeness (QED) is 0.101. The third-order valence-corrected chi connectivity index (χ3v) is 22.7. The van der Waals surface area contributed by atoms with Crippen molar-refractivity contribution in [2.24, 2.45) is 80.8 Å². The molecule has 8 bridgehead atoms. The van der Waals surface area contributed by atoms with Crippen molar-refractivity contribution < 1.29 is 18.9 Å². The van der Waals surface area contributed by atoms with E-state index in [1.165, 1.54) is 89.9 Å². The van der Waals surface area contributed by atoms with Crippen molar-refractivity contribution in [1.29, 1.82) is 0 Å². The smallest absolute Gasteiger partial charge is 0.0991 e. The van der Waals surface area contributed by atoms with Gasteiger partial charge in [0.15, 0.2) is 0 Å². The minimum absolute atomic E-state index is 0.107. The normalized spacial score (nSPS) is 36.1. The highest BCUT2D eigenvalue weighted by molar-refractivity contribution is 5.22. The first-order valence-corrected chi connectivity index (χ1v) is 30.7. The van der Waals surface area contributed by atoms with Gasteiger partial charge in [-0.1, -0.05) is 163 Å². The second-order valence-electron chi connectivity index (χ2n) is 27.9. The molecule has 5 nitrogen and oxygen atoms in total. The first-order chi connectivity index (χ1) is 33.8. The highest BCUT2D eigenvalue weighted by Crippen LogP contribution is 2.61. The van der Waals surface area contributed by atoms with Crippen LogP contribution < -0.4 is 0 Å². The summed E-state index contributed by atoms with van der Waals surface area (Å²) >= 11 is 0. The van der Waals surface area contributed by atoms with E-state index in [2.05, 4.69) is 175 Å². The summed E-state index contributed by atoms with van der Waals surface area (Å²) in [5.41, 5.74) is 7.46. The van der Waals surface area contributed by atoms with Crippen LogP contribution in [0.15, 0.2) is 46.6 Å². The summed E-state index contributed by atoms with van der Waals surface area (Å²) in [6.45, 7) is 50.1. The Balaban J connectivity index is 0.000000204. The summed E-state index contributed by atoms with van der Waals surface area (Å²) in [6, 6.07) is 0. The zero-order chi connectivity index (χ0) is 53.6. The zero-order valence-corrected chi connectivity index (χ0v) is 51.4. The van der Waals surface area contributed by atoms with Crippen LogP contribution in [0.25, 0.3) is 0 Å². The molecule has 416 valence electrons. The van der Waals surface area contributed by atoms with Gasteiger partial charge in [-0.3, -0.25) is 4.90 Å². The second kappa shape index (κ2) is 25.9. The number of fused-ring (bicyclic) bond motifs is 8. The van der Waals surface area contributed by atoms with Gasteiger partial charge in [-0.05, 0) is 195 Å². The lowest BCUT2D eigenvalue weighted by molar-refractivity contribution is -0.168. The van der Waals surface area contributed by atoms with E-state index in [-0.39, 0.29) is 27.3 Å². The molecule has 5 heteroatoms. The number of hydrogen-bond acceptors (Lipinski definition) is 5. The van der Waals surface area contributed by atoms with E-state index in [0.29, 0.717) is 48.1 Å². The van der Waals surface area contributed by atoms with Crippen LogP contribution in [0.2, 0.25) is 0 Å². The van der Waals surface area contributed by atoms with Crippen LogP contribution in [0.1, 0.15) is 235 Å². The molecule has 8 aliphatic carbocycles. The van der Waals surface area contributed by atoms with E-state index < -0.39 is 0 Å². The fraction of sp³-hybridized carbons (Fsp3) is 0.881. The average Bonchev–Trinajstić information content (AvgIpc) is 4.25. The maximum atomic E-state index is 7.07. The molecule has 0 aromatic carbocycles. The number of nitrogens with zero attached hydrogens (tertiary/aromatic N) is 1. The number of ether oxygens (including phenoxy) is 4. The molecule has 0 aromatic rings. The Morgan fingerprint density at radius 2 is 1.03 bits per heavy atom.